The van der Waals surface area contributed by atoms with Crippen LogP contribution in [0.4, 0.5) is 0 Å². The highest BCUT2D eigenvalue weighted by Crippen LogP contribution is 2.35. The maximum absolute atomic E-state index is 6.31. The van der Waals surface area contributed by atoms with Gasteiger partial charge < -0.3 is 4.57 Å². The molecule has 0 spiro atoms. The lowest BCUT2D eigenvalue weighted by atomic mass is 10.00. The van der Waals surface area contributed by atoms with Crippen molar-refractivity contribution >= 4 is 34.3 Å². The molecule has 3 nitrogen and oxygen atoms in total. The first-order valence-corrected chi connectivity index (χ1v) is 9.44. The number of aryl methyl sites for hydroxylation is 1. The van der Waals surface area contributed by atoms with Gasteiger partial charge in [-0.05, 0) is 68.8 Å². The molecule has 0 bridgehead atoms. The van der Waals surface area contributed by atoms with Crippen molar-refractivity contribution in [3.8, 4) is 0 Å². The molecule has 0 saturated carbocycles. The molecule has 2 aromatic heterocycles. The molecular weight excluding hydrogens is 342 g/mol. The van der Waals surface area contributed by atoms with E-state index in [4.69, 9.17) is 11.6 Å². The maximum atomic E-state index is 6.31. The second-order valence-corrected chi connectivity index (χ2v) is 7.86. The molecule has 1 aromatic carbocycles. The van der Waals surface area contributed by atoms with Crippen LogP contribution in [0.2, 0.25) is 5.02 Å². The largest absolute Gasteiger partial charge is 0.320 e. The molecule has 0 amide bonds. The van der Waals surface area contributed by atoms with Crippen LogP contribution in [0.5, 0.6) is 0 Å². The van der Waals surface area contributed by atoms with Gasteiger partial charge in [0.25, 0.3) is 0 Å². The minimum absolute atomic E-state index is 0.524. The highest BCUT2D eigenvalue weighted by Gasteiger charge is 2.26. The summed E-state index contributed by atoms with van der Waals surface area (Å²) < 4.78 is 2.36. The molecule has 1 aliphatic heterocycles. The van der Waals surface area contributed by atoms with Crippen molar-refractivity contribution in [2.24, 2.45) is 0 Å². The van der Waals surface area contributed by atoms with Gasteiger partial charge in [0.15, 0.2) is 0 Å². The lowest BCUT2D eigenvalue weighted by Crippen LogP contribution is -2.35. The number of aromatic nitrogens is 2. The molecule has 1 unspecified atom stereocenters. The minimum atomic E-state index is 0.524. The van der Waals surface area contributed by atoms with Gasteiger partial charge in [0.05, 0.1) is 5.52 Å². The molecular formula is C22H24ClN3. The van der Waals surface area contributed by atoms with Crippen molar-refractivity contribution in [3.05, 3.63) is 64.1 Å². The summed E-state index contributed by atoms with van der Waals surface area (Å²) in [4.78, 5) is 6.85. The standard InChI is InChI=1S/C22H24ClN3/c1-14(17-6-5-15(2)24-11-17)12-26-21-8-7-18(23)10-19(21)20-13-25(4)16(3)9-22(20)26/h5-8,10-12,16H,9,13H2,1-4H3/b14-12-. The molecule has 26 heavy (non-hydrogen) atoms. The number of likely N-dealkylation sites (N-methyl/N-ethyl adjacent to an activating group) is 1. The predicted molar refractivity (Wildman–Crippen MR) is 110 cm³/mol. The fraction of sp³-hybridized carbons (Fsp3) is 0.318. The zero-order valence-corrected chi connectivity index (χ0v) is 16.5. The summed E-state index contributed by atoms with van der Waals surface area (Å²) in [6.45, 7) is 7.41. The topological polar surface area (TPSA) is 21.1 Å². The van der Waals surface area contributed by atoms with Crippen LogP contribution in [-0.2, 0) is 13.0 Å². The third-order valence-electron chi connectivity index (χ3n) is 5.52. The van der Waals surface area contributed by atoms with E-state index >= 15 is 0 Å². The van der Waals surface area contributed by atoms with E-state index in [0.717, 1.165) is 29.2 Å². The van der Waals surface area contributed by atoms with E-state index in [1.165, 1.54) is 27.7 Å². The van der Waals surface area contributed by atoms with Crippen molar-refractivity contribution < 1.29 is 0 Å². The van der Waals surface area contributed by atoms with E-state index in [1.807, 2.05) is 19.2 Å². The highest BCUT2D eigenvalue weighted by atomic mass is 35.5. The Labute approximate surface area is 159 Å². The van der Waals surface area contributed by atoms with Crippen LogP contribution >= 0.6 is 11.6 Å². The summed E-state index contributed by atoms with van der Waals surface area (Å²) in [5, 5.41) is 2.06. The SMILES string of the molecule is C/C(=C/n1c2c(c3cc(Cl)ccc31)CN(C)C(C)C2)c1ccc(C)nc1. The Morgan fingerprint density at radius 3 is 2.81 bits per heavy atom. The normalized spacial score (nSPS) is 18.3. The summed E-state index contributed by atoms with van der Waals surface area (Å²) in [6.07, 6.45) is 5.24. The fourth-order valence-corrected chi connectivity index (χ4v) is 3.93. The molecule has 3 heterocycles. The molecule has 1 atom stereocenters. The second kappa shape index (κ2) is 6.57. The van der Waals surface area contributed by atoms with E-state index in [1.54, 1.807) is 0 Å². The van der Waals surface area contributed by atoms with Gasteiger partial charge in [-0.25, -0.2) is 0 Å². The van der Waals surface area contributed by atoms with Crippen LogP contribution in [0, 0.1) is 6.92 Å². The Morgan fingerprint density at radius 1 is 1.27 bits per heavy atom. The number of pyridine rings is 1. The first kappa shape index (κ1) is 17.3. The molecule has 0 aliphatic carbocycles. The minimum Gasteiger partial charge on any atom is -0.320 e. The van der Waals surface area contributed by atoms with E-state index in [0.29, 0.717) is 6.04 Å². The molecule has 0 saturated heterocycles. The Hall–Kier alpha value is -2.10. The lowest BCUT2D eigenvalue weighted by molar-refractivity contribution is 0.230. The monoisotopic (exact) mass is 365 g/mol. The Kier molecular flexibility index (Phi) is 4.37. The molecule has 0 N–H and O–H groups in total. The first-order valence-electron chi connectivity index (χ1n) is 9.07. The van der Waals surface area contributed by atoms with Crippen LogP contribution in [0.25, 0.3) is 22.7 Å². The summed E-state index contributed by atoms with van der Waals surface area (Å²) in [5.74, 6) is 0. The lowest BCUT2D eigenvalue weighted by Gasteiger charge is -2.30. The van der Waals surface area contributed by atoms with E-state index in [9.17, 15) is 0 Å². The second-order valence-electron chi connectivity index (χ2n) is 7.43. The number of rotatable bonds is 2. The van der Waals surface area contributed by atoms with Gasteiger partial charge in [0.1, 0.15) is 0 Å². The Morgan fingerprint density at radius 2 is 2.08 bits per heavy atom. The summed E-state index contributed by atoms with van der Waals surface area (Å²) in [6, 6.07) is 10.9. The molecule has 3 aromatic rings. The summed E-state index contributed by atoms with van der Waals surface area (Å²) in [5.41, 5.74) is 7.42. The van der Waals surface area contributed by atoms with Gasteiger partial charge in [-0.15, -0.1) is 0 Å². The average Bonchev–Trinajstić information content (AvgIpc) is 2.88. The van der Waals surface area contributed by atoms with E-state index < -0.39 is 0 Å². The van der Waals surface area contributed by atoms with Gasteiger partial charge in [0, 0.05) is 53.2 Å². The number of fused-ring (bicyclic) bond motifs is 3. The van der Waals surface area contributed by atoms with Crippen LogP contribution in [0.1, 0.15) is 36.4 Å². The van der Waals surface area contributed by atoms with Crippen molar-refractivity contribution in [1.82, 2.24) is 14.5 Å². The van der Waals surface area contributed by atoms with Crippen molar-refractivity contribution in [1.29, 1.82) is 0 Å². The zero-order valence-electron chi connectivity index (χ0n) is 15.8. The van der Waals surface area contributed by atoms with E-state index in [-0.39, 0.29) is 0 Å². The molecule has 4 rings (SSSR count). The molecule has 134 valence electrons. The number of halogens is 1. The molecule has 1 aliphatic rings. The maximum Gasteiger partial charge on any atom is 0.0529 e. The van der Waals surface area contributed by atoms with Crippen LogP contribution < -0.4 is 0 Å². The predicted octanol–water partition coefficient (Wildman–Crippen LogP) is 5.39. The van der Waals surface area contributed by atoms with Crippen LogP contribution in [0.3, 0.4) is 0 Å². The van der Waals surface area contributed by atoms with Crippen molar-refractivity contribution in [2.75, 3.05) is 7.05 Å². The van der Waals surface area contributed by atoms with Crippen LogP contribution in [0.15, 0.2) is 36.5 Å². The van der Waals surface area contributed by atoms with Gasteiger partial charge in [-0.2, -0.15) is 0 Å². The van der Waals surface area contributed by atoms with Gasteiger partial charge in [-0.3, -0.25) is 9.88 Å². The quantitative estimate of drug-likeness (QED) is 0.606. The van der Waals surface area contributed by atoms with E-state index in [2.05, 4.69) is 65.8 Å². The number of allylic oxidation sites excluding steroid dienone is 1. The van der Waals surface area contributed by atoms with Gasteiger partial charge >= 0.3 is 0 Å². The van der Waals surface area contributed by atoms with Gasteiger partial charge in [0.2, 0.25) is 0 Å². The Balaban J connectivity index is 1.90. The molecule has 4 heteroatoms. The number of benzene rings is 1. The third kappa shape index (κ3) is 2.95. The Bertz CT molecular complexity index is 998. The average molecular weight is 366 g/mol. The highest BCUT2D eigenvalue weighted by molar-refractivity contribution is 6.31. The van der Waals surface area contributed by atoms with Crippen LogP contribution in [-0.4, -0.2) is 27.5 Å². The first-order chi connectivity index (χ1) is 12.4. The van der Waals surface area contributed by atoms with Crippen molar-refractivity contribution in [3.63, 3.8) is 0 Å². The molecule has 0 radical (unpaired) electrons. The number of hydrogen-bond acceptors (Lipinski definition) is 2. The van der Waals surface area contributed by atoms with Crippen molar-refractivity contribution in [2.45, 2.75) is 39.8 Å². The number of nitrogens with zero attached hydrogens (tertiary/aromatic N) is 3. The third-order valence-corrected chi connectivity index (χ3v) is 5.76. The fourth-order valence-electron chi connectivity index (χ4n) is 3.76. The summed E-state index contributed by atoms with van der Waals surface area (Å²) >= 11 is 6.31. The van der Waals surface area contributed by atoms with Gasteiger partial charge in [-0.1, -0.05) is 17.7 Å². The molecule has 0 fully saturated rings. The summed E-state index contributed by atoms with van der Waals surface area (Å²) in [7, 11) is 2.19. The smallest absolute Gasteiger partial charge is 0.0529 e. The zero-order chi connectivity index (χ0) is 18.4. The number of hydrogen-bond donors (Lipinski definition) is 0.